The average molecular weight is 268 g/mol. The lowest BCUT2D eigenvalue weighted by atomic mass is 10.0. The Morgan fingerprint density at radius 2 is 1.53 bits per heavy atom. The van der Waals surface area contributed by atoms with Crippen molar-refractivity contribution in [3.63, 3.8) is 0 Å². The summed E-state index contributed by atoms with van der Waals surface area (Å²) < 4.78 is 16.0. The first-order chi connectivity index (χ1) is 8.85. The lowest BCUT2D eigenvalue weighted by molar-refractivity contribution is 0.180. The monoisotopic (exact) mass is 268 g/mol. The van der Waals surface area contributed by atoms with Crippen molar-refractivity contribution >= 4 is 0 Å². The van der Waals surface area contributed by atoms with Gasteiger partial charge in [0, 0.05) is 6.42 Å². The van der Waals surface area contributed by atoms with Crippen LogP contribution in [0.4, 0.5) is 0 Å². The molecule has 1 rings (SSSR count). The van der Waals surface area contributed by atoms with Crippen LogP contribution in [-0.2, 0) is 6.42 Å². The molecule has 0 saturated heterocycles. The maximum absolute atomic E-state index is 6.26. The smallest absolute Gasteiger partial charge is 0.203 e. The van der Waals surface area contributed by atoms with Gasteiger partial charge in [0.05, 0.1) is 27.0 Å². The number of hydrogen-bond donors (Lipinski definition) is 1. The van der Waals surface area contributed by atoms with Crippen molar-refractivity contribution in [3.05, 3.63) is 17.7 Å². The molecule has 0 spiro atoms. The second-order valence-corrected chi connectivity index (χ2v) is 4.96. The van der Waals surface area contributed by atoms with Crippen molar-refractivity contribution in [1.82, 2.24) is 4.90 Å². The summed E-state index contributed by atoms with van der Waals surface area (Å²) in [6.07, 6.45) is 0.677. The molecule has 1 aromatic rings. The maximum atomic E-state index is 6.26. The third-order valence-electron chi connectivity index (χ3n) is 3.31. The Hall–Kier alpha value is -1.46. The fourth-order valence-corrected chi connectivity index (χ4v) is 1.81. The normalized spacial score (nSPS) is 14.1. The highest BCUT2D eigenvalue weighted by atomic mass is 16.5. The summed E-state index contributed by atoms with van der Waals surface area (Å²) >= 11 is 0. The standard InChI is InChI=1S/C14H24N2O3/c1-14(15,16(2)3)9-10-7-11(17-4)13(19-6)12(8-10)18-5/h7-8H,9,15H2,1-6H3. The molecule has 5 heteroatoms. The van der Waals surface area contributed by atoms with Crippen LogP contribution in [0.3, 0.4) is 0 Å². The number of ether oxygens (including phenoxy) is 3. The summed E-state index contributed by atoms with van der Waals surface area (Å²) in [6.45, 7) is 1.98. The highest BCUT2D eigenvalue weighted by molar-refractivity contribution is 5.54. The highest BCUT2D eigenvalue weighted by Gasteiger charge is 2.23. The van der Waals surface area contributed by atoms with Crippen LogP contribution in [0.1, 0.15) is 12.5 Å². The number of benzene rings is 1. The Morgan fingerprint density at radius 3 is 1.84 bits per heavy atom. The van der Waals surface area contributed by atoms with E-state index in [-0.39, 0.29) is 0 Å². The number of rotatable bonds is 6. The van der Waals surface area contributed by atoms with E-state index >= 15 is 0 Å². The molecule has 0 aliphatic carbocycles. The van der Waals surface area contributed by atoms with Gasteiger partial charge in [0.1, 0.15) is 0 Å². The zero-order chi connectivity index (χ0) is 14.6. The molecule has 1 unspecified atom stereocenters. The van der Waals surface area contributed by atoms with Crippen molar-refractivity contribution in [2.75, 3.05) is 35.4 Å². The van der Waals surface area contributed by atoms with Gasteiger partial charge < -0.3 is 19.9 Å². The molecular formula is C14H24N2O3. The van der Waals surface area contributed by atoms with Gasteiger partial charge in [-0.3, -0.25) is 4.90 Å². The summed E-state index contributed by atoms with van der Waals surface area (Å²) in [5.41, 5.74) is 6.85. The summed E-state index contributed by atoms with van der Waals surface area (Å²) in [7, 11) is 8.71. The molecule has 0 fully saturated rings. The minimum absolute atomic E-state index is 0.440. The molecule has 5 nitrogen and oxygen atoms in total. The van der Waals surface area contributed by atoms with Gasteiger partial charge in [0.25, 0.3) is 0 Å². The summed E-state index contributed by atoms with van der Waals surface area (Å²) in [6, 6.07) is 3.85. The Balaban J connectivity index is 3.16. The van der Waals surface area contributed by atoms with Gasteiger partial charge in [-0.1, -0.05) is 0 Å². The first-order valence-corrected chi connectivity index (χ1v) is 6.11. The molecule has 108 valence electrons. The topological polar surface area (TPSA) is 57.0 Å². The molecule has 1 atom stereocenters. The molecule has 0 radical (unpaired) electrons. The molecule has 19 heavy (non-hydrogen) atoms. The number of methoxy groups -OCH3 is 3. The van der Waals surface area contributed by atoms with Crippen LogP contribution in [0.15, 0.2) is 12.1 Å². The van der Waals surface area contributed by atoms with E-state index in [0.717, 1.165) is 5.56 Å². The predicted octanol–water partition coefficient (Wildman–Crippen LogP) is 1.49. The van der Waals surface area contributed by atoms with Crippen LogP contribution in [0.25, 0.3) is 0 Å². The molecule has 2 N–H and O–H groups in total. The quantitative estimate of drug-likeness (QED) is 0.792. The summed E-state index contributed by atoms with van der Waals surface area (Å²) in [5, 5.41) is 0. The van der Waals surface area contributed by atoms with Gasteiger partial charge in [0.15, 0.2) is 11.5 Å². The third kappa shape index (κ3) is 3.52. The van der Waals surface area contributed by atoms with E-state index in [9.17, 15) is 0 Å². The lowest BCUT2D eigenvalue weighted by Gasteiger charge is -2.32. The van der Waals surface area contributed by atoms with Gasteiger partial charge in [0.2, 0.25) is 5.75 Å². The number of hydrogen-bond acceptors (Lipinski definition) is 5. The molecule has 0 aliphatic heterocycles. The lowest BCUT2D eigenvalue weighted by Crippen LogP contribution is -2.51. The third-order valence-corrected chi connectivity index (χ3v) is 3.31. The Bertz CT molecular complexity index is 406. The van der Waals surface area contributed by atoms with Gasteiger partial charge in [-0.25, -0.2) is 0 Å². The first-order valence-electron chi connectivity index (χ1n) is 6.11. The van der Waals surface area contributed by atoms with Crippen molar-refractivity contribution in [3.8, 4) is 17.2 Å². The number of likely N-dealkylation sites (N-methyl/N-ethyl adjacent to an activating group) is 1. The van der Waals surface area contributed by atoms with Crippen LogP contribution in [-0.4, -0.2) is 46.0 Å². The Morgan fingerprint density at radius 1 is 1.05 bits per heavy atom. The Kier molecular flexibility index (Phi) is 5.03. The molecular weight excluding hydrogens is 244 g/mol. The van der Waals surface area contributed by atoms with E-state index in [1.54, 1.807) is 21.3 Å². The minimum atomic E-state index is -0.440. The van der Waals surface area contributed by atoms with Crippen LogP contribution in [0.5, 0.6) is 17.2 Å². The average Bonchev–Trinajstić information content (AvgIpc) is 2.36. The molecule has 0 heterocycles. The zero-order valence-corrected chi connectivity index (χ0v) is 12.6. The van der Waals surface area contributed by atoms with E-state index in [2.05, 4.69) is 0 Å². The van der Waals surface area contributed by atoms with E-state index in [0.29, 0.717) is 23.7 Å². The molecule has 0 saturated carbocycles. The van der Waals surface area contributed by atoms with Crippen LogP contribution >= 0.6 is 0 Å². The molecule has 0 aromatic heterocycles. The van der Waals surface area contributed by atoms with Crippen LogP contribution in [0, 0.1) is 0 Å². The minimum Gasteiger partial charge on any atom is -0.493 e. The van der Waals surface area contributed by atoms with Gasteiger partial charge in [-0.2, -0.15) is 0 Å². The maximum Gasteiger partial charge on any atom is 0.203 e. The summed E-state index contributed by atoms with van der Waals surface area (Å²) in [4.78, 5) is 1.98. The van der Waals surface area contributed by atoms with E-state index in [4.69, 9.17) is 19.9 Å². The fraction of sp³-hybridized carbons (Fsp3) is 0.571. The molecule has 1 aromatic carbocycles. The van der Waals surface area contributed by atoms with E-state index in [1.165, 1.54) is 0 Å². The number of nitrogens with two attached hydrogens (primary N) is 1. The van der Waals surface area contributed by atoms with E-state index in [1.807, 2.05) is 38.1 Å². The van der Waals surface area contributed by atoms with Crippen LogP contribution < -0.4 is 19.9 Å². The number of nitrogens with zero attached hydrogens (tertiary/aromatic N) is 1. The van der Waals surface area contributed by atoms with Gasteiger partial charge in [-0.15, -0.1) is 0 Å². The SMILES string of the molecule is COc1cc(CC(C)(N)N(C)C)cc(OC)c1OC. The van der Waals surface area contributed by atoms with Crippen LogP contribution in [0.2, 0.25) is 0 Å². The second-order valence-electron chi connectivity index (χ2n) is 4.96. The zero-order valence-electron chi connectivity index (χ0n) is 12.6. The van der Waals surface area contributed by atoms with Crippen molar-refractivity contribution in [2.45, 2.75) is 19.0 Å². The fourth-order valence-electron chi connectivity index (χ4n) is 1.81. The van der Waals surface area contributed by atoms with Crippen molar-refractivity contribution < 1.29 is 14.2 Å². The molecule has 0 bridgehead atoms. The van der Waals surface area contributed by atoms with Crippen molar-refractivity contribution in [2.24, 2.45) is 5.73 Å². The Labute approximate surface area is 115 Å². The van der Waals surface area contributed by atoms with Gasteiger partial charge in [-0.05, 0) is 38.7 Å². The second kappa shape index (κ2) is 6.12. The van der Waals surface area contributed by atoms with Gasteiger partial charge >= 0.3 is 0 Å². The molecule has 0 amide bonds. The molecule has 0 aliphatic rings. The first kappa shape index (κ1) is 15.6. The predicted molar refractivity (Wildman–Crippen MR) is 76.1 cm³/mol. The highest BCUT2D eigenvalue weighted by Crippen LogP contribution is 2.38. The summed E-state index contributed by atoms with van der Waals surface area (Å²) in [5.74, 6) is 1.88. The van der Waals surface area contributed by atoms with E-state index < -0.39 is 5.66 Å². The van der Waals surface area contributed by atoms with Crippen molar-refractivity contribution in [1.29, 1.82) is 0 Å². The largest absolute Gasteiger partial charge is 0.493 e.